The second-order valence-electron chi connectivity index (χ2n) is 6.12. The maximum Gasteiger partial charge on any atom is 0.316 e. The predicted octanol–water partition coefficient (Wildman–Crippen LogP) is 3.95. The van der Waals surface area contributed by atoms with Gasteiger partial charge in [-0.2, -0.15) is 0 Å². The lowest BCUT2D eigenvalue weighted by atomic mass is 9.78. The number of carbonyl (C=O) groups excluding carboxylic acids is 1. The molecule has 5 rings (SSSR count). The van der Waals surface area contributed by atoms with Crippen LogP contribution in [0.4, 0.5) is 0 Å². The van der Waals surface area contributed by atoms with E-state index in [1.807, 2.05) is 54.6 Å². The second kappa shape index (κ2) is 5.61. The first-order valence-corrected chi connectivity index (χ1v) is 9.67. The molecule has 2 aliphatic heterocycles. The van der Waals surface area contributed by atoms with Crippen molar-refractivity contribution in [2.24, 2.45) is 5.92 Å². The number of nitrogens with one attached hydrogen (secondary N) is 1. The van der Waals surface area contributed by atoms with Crippen LogP contribution in [0.15, 0.2) is 64.4 Å². The summed E-state index contributed by atoms with van der Waals surface area (Å²) < 4.78 is 5.64. The third-order valence-corrected chi connectivity index (χ3v) is 7.19. The molecule has 0 amide bonds. The van der Waals surface area contributed by atoms with Crippen LogP contribution in [-0.4, -0.2) is 11.0 Å². The van der Waals surface area contributed by atoms with Crippen LogP contribution >= 0.6 is 23.1 Å². The van der Waals surface area contributed by atoms with Gasteiger partial charge in [-0.1, -0.05) is 71.6 Å². The van der Waals surface area contributed by atoms with Crippen molar-refractivity contribution in [1.82, 2.24) is 4.98 Å². The van der Waals surface area contributed by atoms with E-state index in [0.717, 1.165) is 21.0 Å². The molecule has 3 aromatic rings. The van der Waals surface area contributed by atoms with Crippen LogP contribution in [0, 0.1) is 5.92 Å². The van der Waals surface area contributed by atoms with Gasteiger partial charge in [0, 0.05) is 16.4 Å². The van der Waals surface area contributed by atoms with Crippen molar-refractivity contribution in [3.05, 3.63) is 80.3 Å². The molecule has 0 aliphatic carbocycles. The van der Waals surface area contributed by atoms with E-state index < -0.39 is 0 Å². The number of thiazole rings is 1. The molecule has 0 saturated heterocycles. The van der Waals surface area contributed by atoms with Gasteiger partial charge in [0.1, 0.15) is 5.75 Å². The van der Waals surface area contributed by atoms with Crippen molar-refractivity contribution < 1.29 is 9.53 Å². The summed E-state index contributed by atoms with van der Waals surface area (Å²) in [6.45, 7) is 0. The Morgan fingerprint density at radius 3 is 2.56 bits per heavy atom. The summed E-state index contributed by atoms with van der Waals surface area (Å²) in [7, 11) is 0. The molecule has 0 bridgehead atoms. The molecule has 1 N–H and O–H groups in total. The number of aromatic amines is 1. The van der Waals surface area contributed by atoms with Crippen molar-refractivity contribution in [2.75, 3.05) is 0 Å². The van der Waals surface area contributed by atoms with E-state index in [1.165, 1.54) is 11.3 Å². The summed E-state index contributed by atoms with van der Waals surface area (Å²) in [6, 6.07) is 17.6. The fraction of sp³-hybridized carbons (Fsp3) is 0.158. The molecule has 124 valence electrons. The molecular weight excluding hydrogens is 354 g/mol. The largest absolute Gasteiger partial charge is 0.426 e. The Kier molecular flexibility index (Phi) is 3.36. The van der Waals surface area contributed by atoms with Crippen LogP contribution in [0.3, 0.4) is 0 Å². The SMILES string of the molecule is O=C1Oc2ccccc2[C@@H]2c3sc(=O)[nH]c3S[C@@H](c3ccccc3)[C@@H]12. The average molecular weight is 367 g/mol. The van der Waals surface area contributed by atoms with Crippen LogP contribution in [-0.2, 0) is 4.79 Å². The number of ether oxygens (including phenoxy) is 1. The first-order chi connectivity index (χ1) is 12.2. The van der Waals surface area contributed by atoms with Crippen molar-refractivity contribution in [3.63, 3.8) is 0 Å². The third kappa shape index (κ3) is 2.28. The minimum atomic E-state index is -0.346. The summed E-state index contributed by atoms with van der Waals surface area (Å²) in [5, 5.41) is 0.777. The van der Waals surface area contributed by atoms with Gasteiger partial charge in [0.05, 0.1) is 16.2 Å². The zero-order chi connectivity index (χ0) is 17.0. The minimum Gasteiger partial charge on any atom is -0.426 e. The molecule has 3 heterocycles. The number of para-hydroxylation sites is 1. The monoisotopic (exact) mass is 367 g/mol. The molecule has 3 atom stereocenters. The van der Waals surface area contributed by atoms with Crippen molar-refractivity contribution in [3.8, 4) is 5.75 Å². The van der Waals surface area contributed by atoms with Gasteiger partial charge in [-0.3, -0.25) is 9.59 Å². The first kappa shape index (κ1) is 15.0. The van der Waals surface area contributed by atoms with Crippen LogP contribution in [0.2, 0.25) is 0 Å². The summed E-state index contributed by atoms with van der Waals surface area (Å²) in [6.07, 6.45) is 0. The van der Waals surface area contributed by atoms with Crippen LogP contribution in [0.25, 0.3) is 0 Å². The Bertz CT molecular complexity index is 1020. The lowest BCUT2D eigenvalue weighted by Crippen LogP contribution is -2.37. The standard InChI is InChI=1S/C19H13NO3S2/c21-18-14-13(11-8-4-5-9-12(11)23-18)16-17(20-19(22)25-16)24-15(14)10-6-2-1-3-7-10/h1-9,13-15H,(H,20,22)/t13-,14-,15-/m0/s1. The average Bonchev–Trinajstić information content (AvgIpc) is 3.01. The Morgan fingerprint density at radius 2 is 1.72 bits per heavy atom. The van der Waals surface area contributed by atoms with Crippen molar-refractivity contribution >= 4 is 29.1 Å². The topological polar surface area (TPSA) is 59.2 Å². The number of thioether (sulfide) groups is 1. The smallest absolute Gasteiger partial charge is 0.316 e. The van der Waals surface area contributed by atoms with Crippen molar-refractivity contribution in [1.29, 1.82) is 0 Å². The van der Waals surface area contributed by atoms with Gasteiger partial charge in [0.2, 0.25) is 0 Å². The molecule has 0 unspecified atom stereocenters. The summed E-state index contributed by atoms with van der Waals surface area (Å²) >= 11 is 2.75. The van der Waals surface area contributed by atoms with E-state index in [0.29, 0.717) is 5.75 Å². The first-order valence-electron chi connectivity index (χ1n) is 7.97. The predicted molar refractivity (Wildman–Crippen MR) is 97.4 cm³/mol. The van der Waals surface area contributed by atoms with Gasteiger partial charge < -0.3 is 9.72 Å². The molecule has 0 fully saturated rings. The lowest BCUT2D eigenvalue weighted by molar-refractivity contribution is -0.140. The number of rotatable bonds is 1. The fourth-order valence-electron chi connectivity index (χ4n) is 3.68. The Balaban J connectivity index is 1.75. The van der Waals surface area contributed by atoms with Crippen LogP contribution in [0.1, 0.15) is 27.2 Å². The van der Waals surface area contributed by atoms with E-state index >= 15 is 0 Å². The van der Waals surface area contributed by atoms with E-state index in [9.17, 15) is 9.59 Å². The molecule has 4 nitrogen and oxygen atoms in total. The zero-order valence-electron chi connectivity index (χ0n) is 13.0. The summed E-state index contributed by atoms with van der Waals surface area (Å²) in [5.74, 6) is -0.125. The molecule has 6 heteroatoms. The van der Waals surface area contributed by atoms with Gasteiger partial charge in [-0.25, -0.2) is 0 Å². The fourth-order valence-corrected chi connectivity index (χ4v) is 6.26. The summed E-state index contributed by atoms with van der Waals surface area (Å²) in [5.41, 5.74) is 2.04. The second-order valence-corrected chi connectivity index (χ2v) is 8.29. The van der Waals surface area contributed by atoms with Gasteiger partial charge in [-0.05, 0) is 11.6 Å². The number of esters is 1. The van der Waals surface area contributed by atoms with Crippen LogP contribution < -0.4 is 9.61 Å². The normalized spacial score (nSPS) is 24.0. The number of H-pyrrole nitrogens is 1. The highest BCUT2D eigenvalue weighted by molar-refractivity contribution is 7.99. The summed E-state index contributed by atoms with van der Waals surface area (Å²) in [4.78, 5) is 28.7. The number of aromatic nitrogens is 1. The third-order valence-electron chi connectivity index (χ3n) is 4.72. The van der Waals surface area contributed by atoms with Crippen LogP contribution in [0.5, 0.6) is 5.75 Å². The maximum absolute atomic E-state index is 12.9. The molecule has 0 radical (unpaired) electrons. The van der Waals surface area contributed by atoms with E-state index in [4.69, 9.17) is 4.74 Å². The van der Waals surface area contributed by atoms with Gasteiger partial charge in [0.15, 0.2) is 0 Å². The molecule has 0 saturated carbocycles. The highest BCUT2D eigenvalue weighted by atomic mass is 32.2. The highest BCUT2D eigenvalue weighted by Crippen LogP contribution is 2.58. The van der Waals surface area contributed by atoms with Gasteiger partial charge >= 0.3 is 10.8 Å². The lowest BCUT2D eigenvalue weighted by Gasteiger charge is -2.39. The molecule has 0 spiro atoms. The van der Waals surface area contributed by atoms with Gasteiger partial charge in [-0.15, -0.1) is 0 Å². The Hall–Kier alpha value is -2.31. The number of hydrogen-bond acceptors (Lipinski definition) is 5. The van der Waals surface area contributed by atoms with E-state index in [-0.39, 0.29) is 27.9 Å². The molecule has 25 heavy (non-hydrogen) atoms. The van der Waals surface area contributed by atoms with E-state index in [1.54, 1.807) is 11.8 Å². The highest BCUT2D eigenvalue weighted by Gasteiger charge is 2.49. The molecule has 2 aromatic carbocycles. The number of benzene rings is 2. The Labute approximate surface area is 151 Å². The van der Waals surface area contributed by atoms with Crippen molar-refractivity contribution in [2.45, 2.75) is 16.2 Å². The minimum absolute atomic E-state index is 0.0821. The van der Waals surface area contributed by atoms with Gasteiger partial charge in [0.25, 0.3) is 0 Å². The Morgan fingerprint density at radius 1 is 0.960 bits per heavy atom. The number of hydrogen-bond donors (Lipinski definition) is 1. The molecular formula is C19H13NO3S2. The quantitative estimate of drug-likeness (QED) is 0.523. The van der Waals surface area contributed by atoms with E-state index in [2.05, 4.69) is 4.98 Å². The number of fused-ring (bicyclic) bond motifs is 5. The maximum atomic E-state index is 12.9. The molecule has 2 aliphatic rings. The number of carbonyl (C=O) groups is 1. The molecule has 1 aromatic heterocycles. The zero-order valence-corrected chi connectivity index (χ0v) is 14.6.